The largest absolute Gasteiger partial charge is 0.484 e. The smallest absolute Gasteiger partial charge is 0.258 e. The number of carbonyl (C=O) groups is 1. The Labute approximate surface area is 207 Å². The quantitative estimate of drug-likeness (QED) is 0.411. The molecule has 5 rings (SSSR count). The van der Waals surface area contributed by atoms with Crippen molar-refractivity contribution in [1.82, 2.24) is 20.1 Å². The second-order valence-electron chi connectivity index (χ2n) is 8.56. The molecule has 0 bridgehead atoms. The number of piperidine rings is 1. The second kappa shape index (κ2) is 9.64. The molecule has 7 nitrogen and oxygen atoms in total. The number of anilines is 1. The van der Waals surface area contributed by atoms with Crippen LogP contribution in [0.15, 0.2) is 48.5 Å². The van der Waals surface area contributed by atoms with Gasteiger partial charge in [-0.3, -0.25) is 4.79 Å². The van der Waals surface area contributed by atoms with Crippen LogP contribution in [0.5, 0.6) is 5.75 Å². The molecule has 9 heteroatoms. The van der Waals surface area contributed by atoms with Gasteiger partial charge in [0, 0.05) is 24.2 Å². The Bertz CT molecular complexity index is 1310. The van der Waals surface area contributed by atoms with Gasteiger partial charge in [-0.25, -0.2) is 4.68 Å². The Morgan fingerprint density at radius 2 is 1.94 bits per heavy atom. The second-order valence-corrected chi connectivity index (χ2v) is 9.97. The maximum atomic E-state index is 12.3. The van der Waals surface area contributed by atoms with E-state index in [0.29, 0.717) is 10.8 Å². The highest BCUT2D eigenvalue weighted by molar-refractivity contribution is 7.22. The summed E-state index contributed by atoms with van der Waals surface area (Å²) in [6.07, 6.45) is 1.73. The number of carbonyl (C=O) groups excluding carboxylic acids is 1. The molecular formula is C25H26ClN5O2S. The maximum absolute atomic E-state index is 12.3. The summed E-state index contributed by atoms with van der Waals surface area (Å²) >= 11 is 7.56. The van der Waals surface area contributed by atoms with E-state index >= 15 is 0 Å². The third-order valence-corrected chi connectivity index (χ3v) is 7.40. The summed E-state index contributed by atoms with van der Waals surface area (Å²) in [6, 6.07) is 15.4. The van der Waals surface area contributed by atoms with Gasteiger partial charge >= 0.3 is 0 Å². The van der Waals surface area contributed by atoms with E-state index < -0.39 is 0 Å². The zero-order chi connectivity index (χ0) is 23.7. The molecule has 176 valence electrons. The lowest BCUT2D eigenvalue weighted by atomic mass is 10.1. The van der Waals surface area contributed by atoms with Crippen molar-refractivity contribution in [3.05, 3.63) is 64.8 Å². The predicted molar refractivity (Wildman–Crippen MR) is 137 cm³/mol. The molecule has 0 aliphatic carbocycles. The van der Waals surface area contributed by atoms with Crippen molar-refractivity contribution in [3.8, 4) is 11.4 Å². The van der Waals surface area contributed by atoms with Gasteiger partial charge in [-0.05, 0) is 68.7 Å². The van der Waals surface area contributed by atoms with Gasteiger partial charge in [0.1, 0.15) is 5.75 Å². The number of nitrogens with zero attached hydrogens (tertiary/aromatic N) is 4. The molecule has 0 atom stereocenters. The minimum Gasteiger partial charge on any atom is -0.484 e. The Morgan fingerprint density at radius 3 is 2.68 bits per heavy atom. The number of benzene rings is 2. The molecule has 0 saturated carbocycles. The van der Waals surface area contributed by atoms with Crippen molar-refractivity contribution < 1.29 is 9.53 Å². The molecule has 1 aliphatic heterocycles. The van der Waals surface area contributed by atoms with Crippen LogP contribution in [0.1, 0.15) is 24.1 Å². The molecule has 4 aromatic rings. The number of fused-ring (bicyclic) bond motifs is 1. The van der Waals surface area contributed by atoms with Gasteiger partial charge in [0.05, 0.1) is 16.1 Å². The van der Waals surface area contributed by atoms with Gasteiger partial charge in [0.15, 0.2) is 17.4 Å². The van der Waals surface area contributed by atoms with Gasteiger partial charge in [-0.2, -0.15) is 10.1 Å². The molecule has 1 aliphatic rings. The highest BCUT2D eigenvalue weighted by atomic mass is 35.5. The van der Waals surface area contributed by atoms with Crippen molar-refractivity contribution in [2.45, 2.75) is 32.7 Å². The minimum atomic E-state index is -0.109. The molecule has 34 heavy (non-hydrogen) atoms. The molecule has 0 spiro atoms. The summed E-state index contributed by atoms with van der Waals surface area (Å²) in [7, 11) is 0. The maximum Gasteiger partial charge on any atom is 0.258 e. The van der Waals surface area contributed by atoms with Crippen molar-refractivity contribution in [1.29, 1.82) is 0 Å². The van der Waals surface area contributed by atoms with Gasteiger partial charge in [0.2, 0.25) is 0 Å². The summed E-state index contributed by atoms with van der Waals surface area (Å²) < 4.78 is 8.60. The monoisotopic (exact) mass is 495 g/mol. The number of halogens is 1. The molecule has 1 fully saturated rings. The van der Waals surface area contributed by atoms with Crippen molar-refractivity contribution in [3.63, 3.8) is 0 Å². The van der Waals surface area contributed by atoms with Crippen LogP contribution in [0.2, 0.25) is 5.02 Å². The van der Waals surface area contributed by atoms with E-state index in [1.165, 1.54) is 5.56 Å². The van der Waals surface area contributed by atoms with E-state index in [0.717, 1.165) is 52.8 Å². The highest BCUT2D eigenvalue weighted by Crippen LogP contribution is 2.33. The van der Waals surface area contributed by atoms with Crippen molar-refractivity contribution in [2.75, 3.05) is 24.6 Å². The standard InChI is InChI=1S/C25H26ClN5O2S/c1-16-4-3-5-20(14-16)31-24-23(17(2)29-31)34-25(28-24)30-12-10-19(11-13-30)27-22(32)15-33-21-8-6-18(26)7-9-21/h3-9,14,19H,10-13,15H2,1-2H3,(H,27,32). The van der Waals surface area contributed by atoms with Crippen LogP contribution >= 0.6 is 22.9 Å². The number of nitrogens with one attached hydrogen (secondary N) is 1. The van der Waals surface area contributed by atoms with E-state index in [-0.39, 0.29) is 18.6 Å². The number of ether oxygens (including phenoxy) is 1. The Balaban J connectivity index is 1.19. The van der Waals surface area contributed by atoms with Crippen molar-refractivity contribution >= 4 is 44.3 Å². The molecular weight excluding hydrogens is 470 g/mol. The summed E-state index contributed by atoms with van der Waals surface area (Å²) in [6.45, 7) is 5.79. The van der Waals surface area contributed by atoms with E-state index in [1.54, 1.807) is 35.6 Å². The van der Waals surface area contributed by atoms with Gasteiger partial charge < -0.3 is 15.0 Å². The third kappa shape index (κ3) is 4.88. The lowest BCUT2D eigenvalue weighted by Gasteiger charge is -2.32. The van der Waals surface area contributed by atoms with Crippen LogP contribution in [0.4, 0.5) is 5.13 Å². The Hall–Kier alpha value is -3.10. The van der Waals surface area contributed by atoms with Gasteiger partial charge in [0.25, 0.3) is 5.91 Å². The van der Waals surface area contributed by atoms with Crippen LogP contribution in [0, 0.1) is 13.8 Å². The van der Waals surface area contributed by atoms with E-state index in [2.05, 4.69) is 35.3 Å². The molecule has 1 saturated heterocycles. The zero-order valence-electron chi connectivity index (χ0n) is 19.1. The number of aromatic nitrogens is 3. The minimum absolute atomic E-state index is 0.00550. The van der Waals surface area contributed by atoms with Crippen LogP contribution < -0.4 is 15.0 Å². The van der Waals surface area contributed by atoms with Crippen LogP contribution in [0.25, 0.3) is 16.0 Å². The van der Waals surface area contributed by atoms with Crippen molar-refractivity contribution in [2.24, 2.45) is 0 Å². The zero-order valence-corrected chi connectivity index (χ0v) is 20.7. The van der Waals surface area contributed by atoms with E-state index in [4.69, 9.17) is 26.4 Å². The molecule has 2 aromatic heterocycles. The number of hydrogen-bond acceptors (Lipinski definition) is 6. The highest BCUT2D eigenvalue weighted by Gasteiger charge is 2.24. The molecule has 2 aromatic carbocycles. The predicted octanol–water partition coefficient (Wildman–Crippen LogP) is 4.92. The summed E-state index contributed by atoms with van der Waals surface area (Å²) in [5, 5.41) is 9.45. The number of amides is 1. The Morgan fingerprint density at radius 1 is 1.18 bits per heavy atom. The topological polar surface area (TPSA) is 72.3 Å². The number of thiazole rings is 1. The average molecular weight is 496 g/mol. The van der Waals surface area contributed by atoms with Crippen LogP contribution in [-0.2, 0) is 4.79 Å². The lowest BCUT2D eigenvalue weighted by Crippen LogP contribution is -2.46. The first-order chi connectivity index (χ1) is 16.5. The molecule has 1 N–H and O–H groups in total. The SMILES string of the molecule is Cc1cccc(-n2nc(C)c3sc(N4CCC(NC(=O)COc5ccc(Cl)cc5)CC4)nc32)c1. The summed E-state index contributed by atoms with van der Waals surface area (Å²) in [4.78, 5) is 19.6. The fraction of sp³-hybridized carbons (Fsp3) is 0.320. The first kappa shape index (κ1) is 22.7. The first-order valence-corrected chi connectivity index (χ1v) is 12.5. The lowest BCUT2D eigenvalue weighted by molar-refractivity contribution is -0.123. The number of aryl methyl sites for hydroxylation is 2. The molecule has 1 amide bonds. The fourth-order valence-electron chi connectivity index (χ4n) is 4.16. The Kier molecular flexibility index (Phi) is 6.43. The van der Waals surface area contributed by atoms with E-state index in [9.17, 15) is 4.79 Å². The normalized spacial score (nSPS) is 14.5. The first-order valence-electron chi connectivity index (χ1n) is 11.3. The third-order valence-electron chi connectivity index (χ3n) is 5.94. The molecule has 0 unspecified atom stereocenters. The van der Waals surface area contributed by atoms with Gasteiger partial charge in [-0.15, -0.1) is 0 Å². The van der Waals surface area contributed by atoms with Crippen LogP contribution in [-0.4, -0.2) is 46.4 Å². The summed E-state index contributed by atoms with van der Waals surface area (Å²) in [5.41, 5.74) is 4.11. The summed E-state index contributed by atoms with van der Waals surface area (Å²) in [5.74, 6) is 0.520. The van der Waals surface area contributed by atoms with E-state index in [1.807, 2.05) is 17.7 Å². The average Bonchev–Trinajstić information content (AvgIpc) is 3.40. The van der Waals surface area contributed by atoms with Crippen LogP contribution in [0.3, 0.4) is 0 Å². The number of hydrogen-bond donors (Lipinski definition) is 1. The van der Waals surface area contributed by atoms with Gasteiger partial charge in [-0.1, -0.05) is 35.1 Å². The fourth-order valence-corrected chi connectivity index (χ4v) is 5.33. The number of rotatable bonds is 6. The molecule has 0 radical (unpaired) electrons. The molecule has 3 heterocycles.